The van der Waals surface area contributed by atoms with Crippen LogP contribution in [0.3, 0.4) is 0 Å². The Hall–Kier alpha value is -1.74. The quantitative estimate of drug-likeness (QED) is 0.330. The maximum Gasteiger partial charge on any atom is 0.303 e. The lowest BCUT2D eigenvalue weighted by molar-refractivity contribution is -0.137. The van der Waals surface area contributed by atoms with Gasteiger partial charge < -0.3 is 5.11 Å². The largest absolute Gasteiger partial charge is 0.481 e. The summed E-state index contributed by atoms with van der Waals surface area (Å²) >= 11 is 0. The monoisotopic (exact) mass is 371 g/mol. The number of carboxylic acid groups (broad SMARTS) is 1. The van der Waals surface area contributed by atoms with Gasteiger partial charge in [0.15, 0.2) is 9.79 Å². The number of hydrogen-bond acceptors (Lipinski definition) is 1. The van der Waals surface area contributed by atoms with Crippen molar-refractivity contribution in [2.75, 3.05) is 5.75 Å². The van der Waals surface area contributed by atoms with Crippen LogP contribution in [-0.2, 0) is 15.7 Å². The molecule has 0 aliphatic heterocycles. The molecule has 0 saturated carbocycles. The molecule has 0 amide bonds. The van der Waals surface area contributed by atoms with Crippen molar-refractivity contribution >= 4 is 16.9 Å². The van der Waals surface area contributed by atoms with E-state index in [4.69, 9.17) is 5.11 Å². The topological polar surface area (TPSA) is 37.3 Å². The third kappa shape index (κ3) is 8.09. The molecule has 2 aromatic carbocycles. The molecule has 0 fully saturated rings. The normalized spacial score (nSPS) is 11.0. The molecule has 0 radical (unpaired) electrons. The molecule has 0 unspecified atom stereocenters. The molecule has 2 rings (SSSR count). The first-order valence-electron chi connectivity index (χ1n) is 9.80. The summed E-state index contributed by atoms with van der Waals surface area (Å²) in [5.74, 6) is 0.560. The second-order valence-electron chi connectivity index (χ2n) is 6.69. The molecule has 26 heavy (non-hydrogen) atoms. The van der Waals surface area contributed by atoms with E-state index in [1.54, 1.807) is 0 Å². The predicted octanol–water partition coefficient (Wildman–Crippen LogP) is 6.32. The number of carbonyl (C=O) groups is 1. The first-order valence-corrected chi connectivity index (χ1v) is 11.2. The van der Waals surface area contributed by atoms with Gasteiger partial charge in [-0.2, -0.15) is 0 Å². The third-order valence-electron chi connectivity index (χ3n) is 4.54. The maximum atomic E-state index is 10.5. The standard InChI is InChI=1S/C23H30O2S/c24-23(25)19-13-5-3-1-2-4-6-14-20-26(21-15-9-7-10-16-21)22-17-11-8-12-18-22/h7-12,15-18H,1-6,13-14,19-20H2/p+1. The highest BCUT2D eigenvalue weighted by molar-refractivity contribution is 7.97. The van der Waals surface area contributed by atoms with Gasteiger partial charge in [0, 0.05) is 6.42 Å². The zero-order chi connectivity index (χ0) is 18.5. The average molecular weight is 372 g/mol. The average Bonchev–Trinajstić information content (AvgIpc) is 2.67. The Morgan fingerprint density at radius 2 is 1.08 bits per heavy atom. The van der Waals surface area contributed by atoms with E-state index in [1.807, 2.05) is 0 Å². The van der Waals surface area contributed by atoms with E-state index in [0.29, 0.717) is 6.42 Å². The van der Waals surface area contributed by atoms with E-state index in [9.17, 15) is 4.79 Å². The highest BCUT2D eigenvalue weighted by atomic mass is 32.2. The van der Waals surface area contributed by atoms with Crippen molar-refractivity contribution in [2.45, 2.75) is 67.6 Å². The Balaban J connectivity index is 1.66. The summed E-state index contributed by atoms with van der Waals surface area (Å²) in [4.78, 5) is 13.4. The molecule has 0 heterocycles. The third-order valence-corrected chi connectivity index (χ3v) is 6.92. The summed E-state index contributed by atoms with van der Waals surface area (Å²) in [6, 6.07) is 21.8. The van der Waals surface area contributed by atoms with Gasteiger partial charge in [0.2, 0.25) is 0 Å². The minimum absolute atomic E-state index is 0.177. The van der Waals surface area contributed by atoms with Gasteiger partial charge in [0.1, 0.15) is 5.75 Å². The van der Waals surface area contributed by atoms with Crippen molar-refractivity contribution in [1.82, 2.24) is 0 Å². The van der Waals surface area contributed by atoms with Crippen LogP contribution in [0.25, 0.3) is 0 Å². The zero-order valence-electron chi connectivity index (χ0n) is 15.6. The van der Waals surface area contributed by atoms with Crippen LogP contribution in [-0.4, -0.2) is 16.8 Å². The molecule has 0 aliphatic rings. The molecule has 0 spiro atoms. The van der Waals surface area contributed by atoms with Crippen molar-refractivity contribution in [2.24, 2.45) is 0 Å². The maximum absolute atomic E-state index is 10.5. The number of carboxylic acids is 1. The van der Waals surface area contributed by atoms with Gasteiger partial charge in [-0.25, -0.2) is 0 Å². The molecule has 0 saturated heterocycles. The molecular formula is C23H31O2S+. The Bertz CT molecular complexity index is 573. The second kappa shape index (κ2) is 12.6. The Morgan fingerprint density at radius 1 is 0.654 bits per heavy atom. The van der Waals surface area contributed by atoms with Crippen LogP contribution >= 0.6 is 0 Å². The Kier molecular flexibility index (Phi) is 9.96. The first kappa shape index (κ1) is 20.6. The van der Waals surface area contributed by atoms with E-state index in [2.05, 4.69) is 60.7 Å². The minimum Gasteiger partial charge on any atom is -0.481 e. The number of hydrogen-bond donors (Lipinski definition) is 1. The lowest BCUT2D eigenvalue weighted by Gasteiger charge is -2.08. The van der Waals surface area contributed by atoms with E-state index >= 15 is 0 Å². The van der Waals surface area contributed by atoms with E-state index < -0.39 is 5.97 Å². The van der Waals surface area contributed by atoms with Crippen LogP contribution in [0, 0.1) is 0 Å². The molecule has 3 heteroatoms. The fraction of sp³-hybridized carbons (Fsp3) is 0.435. The van der Waals surface area contributed by atoms with Crippen LogP contribution in [0.5, 0.6) is 0 Å². The number of benzene rings is 2. The van der Waals surface area contributed by atoms with Crippen LogP contribution in [0.4, 0.5) is 0 Å². The molecule has 0 aliphatic carbocycles. The number of aliphatic carboxylic acids is 1. The van der Waals surface area contributed by atoms with Crippen LogP contribution < -0.4 is 0 Å². The van der Waals surface area contributed by atoms with Crippen molar-refractivity contribution in [1.29, 1.82) is 0 Å². The van der Waals surface area contributed by atoms with E-state index in [0.717, 1.165) is 12.8 Å². The van der Waals surface area contributed by atoms with Crippen LogP contribution in [0.1, 0.15) is 57.8 Å². The molecule has 140 valence electrons. The summed E-state index contributed by atoms with van der Waals surface area (Å²) in [5, 5.41) is 8.62. The van der Waals surface area contributed by atoms with Crippen molar-refractivity contribution in [3.63, 3.8) is 0 Å². The molecule has 0 aromatic heterocycles. The van der Waals surface area contributed by atoms with Crippen LogP contribution in [0.2, 0.25) is 0 Å². The van der Waals surface area contributed by atoms with Gasteiger partial charge in [-0.1, -0.05) is 68.5 Å². The summed E-state index contributed by atoms with van der Waals surface area (Å²) in [7, 11) is 0.177. The highest BCUT2D eigenvalue weighted by Gasteiger charge is 2.23. The smallest absolute Gasteiger partial charge is 0.303 e. The molecule has 2 aromatic rings. The minimum atomic E-state index is -0.669. The number of unbranched alkanes of at least 4 members (excludes halogenated alkanes) is 7. The highest BCUT2D eigenvalue weighted by Crippen LogP contribution is 2.25. The lowest BCUT2D eigenvalue weighted by atomic mass is 10.1. The van der Waals surface area contributed by atoms with Gasteiger partial charge >= 0.3 is 5.97 Å². The lowest BCUT2D eigenvalue weighted by Crippen LogP contribution is -2.08. The fourth-order valence-electron chi connectivity index (χ4n) is 3.12. The molecule has 0 bridgehead atoms. The summed E-state index contributed by atoms with van der Waals surface area (Å²) in [6.45, 7) is 0. The zero-order valence-corrected chi connectivity index (χ0v) is 16.4. The summed E-state index contributed by atoms with van der Waals surface area (Å²) in [6.07, 6.45) is 9.74. The molecule has 0 atom stereocenters. The second-order valence-corrected chi connectivity index (χ2v) is 8.83. The van der Waals surface area contributed by atoms with Crippen molar-refractivity contribution in [3.8, 4) is 0 Å². The van der Waals surface area contributed by atoms with Crippen molar-refractivity contribution in [3.05, 3.63) is 60.7 Å². The Morgan fingerprint density at radius 3 is 1.54 bits per heavy atom. The van der Waals surface area contributed by atoms with Gasteiger partial charge in [-0.15, -0.1) is 0 Å². The van der Waals surface area contributed by atoms with Gasteiger partial charge in [0.05, 0.1) is 10.9 Å². The van der Waals surface area contributed by atoms with Gasteiger partial charge in [0.25, 0.3) is 0 Å². The SMILES string of the molecule is O=C(O)CCCCCCCCCC[S+](c1ccccc1)c1ccccc1. The Labute approximate surface area is 161 Å². The molecule has 2 nitrogen and oxygen atoms in total. The molecular weight excluding hydrogens is 340 g/mol. The summed E-state index contributed by atoms with van der Waals surface area (Å²) < 4.78 is 0. The molecule has 1 N–H and O–H groups in total. The van der Waals surface area contributed by atoms with Crippen molar-refractivity contribution < 1.29 is 9.90 Å². The predicted molar refractivity (Wildman–Crippen MR) is 111 cm³/mol. The van der Waals surface area contributed by atoms with E-state index in [1.165, 1.54) is 54.1 Å². The number of rotatable bonds is 13. The first-order chi connectivity index (χ1) is 12.8. The van der Waals surface area contributed by atoms with Crippen LogP contribution in [0.15, 0.2) is 70.5 Å². The van der Waals surface area contributed by atoms with Gasteiger partial charge in [-0.3, -0.25) is 4.79 Å². The van der Waals surface area contributed by atoms with E-state index in [-0.39, 0.29) is 10.9 Å². The summed E-state index contributed by atoms with van der Waals surface area (Å²) in [5.41, 5.74) is 0. The van der Waals surface area contributed by atoms with Gasteiger partial charge in [-0.05, 0) is 43.5 Å². The fourth-order valence-corrected chi connectivity index (χ4v) is 5.33.